The molecule has 0 bridgehead atoms. The molecule has 7 heteroatoms. The second kappa shape index (κ2) is 6.13. The number of aromatic nitrogens is 3. The Balaban J connectivity index is 1.52. The van der Waals surface area contributed by atoms with Crippen molar-refractivity contribution in [1.29, 1.82) is 0 Å². The minimum Gasteiger partial charge on any atom is -0.385 e. The molecule has 1 amide bonds. The van der Waals surface area contributed by atoms with E-state index in [1.165, 1.54) is 10.4 Å². The molecule has 2 heterocycles. The number of amides is 1. The van der Waals surface area contributed by atoms with Crippen LogP contribution < -0.4 is 9.74 Å². The molecule has 4 rings (SSSR count). The molecule has 0 radical (unpaired) electrons. The number of fused-ring (bicyclic) bond motifs is 2. The summed E-state index contributed by atoms with van der Waals surface area (Å²) in [5.41, 5.74) is 3.45. The van der Waals surface area contributed by atoms with Gasteiger partial charge in [-0.05, 0) is 47.9 Å². The fraction of sp³-hybridized carbons (Fsp3) is 0.235. The summed E-state index contributed by atoms with van der Waals surface area (Å²) >= 11 is 5.99. The number of anilines is 1. The van der Waals surface area contributed by atoms with E-state index in [0.717, 1.165) is 18.5 Å². The molecule has 0 fully saturated rings. The molecule has 0 aliphatic carbocycles. The lowest BCUT2D eigenvalue weighted by Gasteiger charge is -2.29. The van der Waals surface area contributed by atoms with Gasteiger partial charge in [0.2, 0.25) is 0 Å². The Bertz CT molecular complexity index is 908. The van der Waals surface area contributed by atoms with E-state index in [9.17, 15) is 4.79 Å². The molecule has 0 atom stereocenters. The van der Waals surface area contributed by atoms with Crippen LogP contribution in [-0.4, -0.2) is 34.2 Å². The highest BCUT2D eigenvalue weighted by atomic mass is 35.5. The van der Waals surface area contributed by atoms with Gasteiger partial charge in [-0.15, -0.1) is 5.10 Å². The zero-order valence-corrected chi connectivity index (χ0v) is 13.6. The van der Waals surface area contributed by atoms with E-state index < -0.39 is 0 Å². The third kappa shape index (κ3) is 2.69. The van der Waals surface area contributed by atoms with Gasteiger partial charge in [0.15, 0.2) is 6.61 Å². The normalized spacial score (nSPS) is 13.8. The maximum Gasteiger partial charge on any atom is 0.267 e. The van der Waals surface area contributed by atoms with Gasteiger partial charge in [-0.2, -0.15) is 0 Å². The van der Waals surface area contributed by atoms with E-state index in [1.807, 2.05) is 18.2 Å². The number of hydrogen-bond donors (Lipinski definition) is 0. The third-order valence-corrected chi connectivity index (χ3v) is 4.33. The molecule has 24 heavy (non-hydrogen) atoms. The van der Waals surface area contributed by atoms with Crippen LogP contribution in [0.4, 0.5) is 5.69 Å². The number of carbonyl (C=O) groups is 1. The number of aryl methyl sites for hydroxylation is 1. The van der Waals surface area contributed by atoms with Crippen LogP contribution in [0.25, 0.3) is 11.0 Å². The molecule has 0 unspecified atom stereocenters. The van der Waals surface area contributed by atoms with Gasteiger partial charge in [0.05, 0.1) is 0 Å². The largest absolute Gasteiger partial charge is 0.385 e. The van der Waals surface area contributed by atoms with E-state index in [-0.39, 0.29) is 12.5 Å². The maximum absolute atomic E-state index is 12.6. The van der Waals surface area contributed by atoms with E-state index in [4.69, 9.17) is 16.4 Å². The standard InChI is InChI=1S/C17H15ClN4O2/c18-13-7-8-14-16(10-13)22(20-19-14)24-11-17(23)21-9-3-5-12-4-1-2-6-15(12)21/h1-2,4,6-8,10H,3,5,9,11H2. The van der Waals surface area contributed by atoms with Crippen LogP contribution in [-0.2, 0) is 11.2 Å². The Morgan fingerprint density at radius 3 is 3.04 bits per heavy atom. The van der Waals surface area contributed by atoms with Crippen molar-refractivity contribution in [3.8, 4) is 0 Å². The van der Waals surface area contributed by atoms with Crippen molar-refractivity contribution >= 4 is 34.2 Å². The third-order valence-electron chi connectivity index (χ3n) is 4.10. The second-order valence-electron chi connectivity index (χ2n) is 5.65. The fourth-order valence-electron chi connectivity index (χ4n) is 2.95. The molecule has 0 saturated carbocycles. The molecular formula is C17H15ClN4O2. The van der Waals surface area contributed by atoms with Crippen molar-refractivity contribution in [3.05, 3.63) is 53.1 Å². The average molecular weight is 343 g/mol. The van der Waals surface area contributed by atoms with Gasteiger partial charge >= 0.3 is 0 Å². The minimum atomic E-state index is -0.112. The monoisotopic (exact) mass is 342 g/mol. The van der Waals surface area contributed by atoms with Gasteiger partial charge in [0.1, 0.15) is 11.0 Å². The molecule has 3 aromatic rings. The number of para-hydroxylation sites is 1. The first kappa shape index (κ1) is 15.0. The summed E-state index contributed by atoms with van der Waals surface area (Å²) in [4.78, 5) is 21.1. The Labute approximate surface area is 143 Å². The van der Waals surface area contributed by atoms with Crippen LogP contribution in [0.3, 0.4) is 0 Å². The van der Waals surface area contributed by atoms with Crippen molar-refractivity contribution in [2.75, 3.05) is 18.1 Å². The first-order valence-corrected chi connectivity index (χ1v) is 8.13. The Kier molecular flexibility index (Phi) is 3.82. The molecule has 2 aromatic carbocycles. The molecule has 0 N–H and O–H groups in total. The van der Waals surface area contributed by atoms with Crippen LogP contribution in [0.1, 0.15) is 12.0 Å². The molecule has 1 aromatic heterocycles. The smallest absolute Gasteiger partial charge is 0.267 e. The van der Waals surface area contributed by atoms with Crippen LogP contribution in [0.15, 0.2) is 42.5 Å². The van der Waals surface area contributed by atoms with E-state index in [0.29, 0.717) is 22.6 Å². The molecule has 122 valence electrons. The van der Waals surface area contributed by atoms with E-state index in [1.54, 1.807) is 23.1 Å². The second-order valence-corrected chi connectivity index (χ2v) is 6.08. The minimum absolute atomic E-state index is 0.104. The molecule has 0 spiro atoms. The van der Waals surface area contributed by atoms with Crippen LogP contribution >= 0.6 is 11.6 Å². The predicted octanol–water partition coefficient (Wildman–Crippen LogP) is 2.49. The first-order valence-electron chi connectivity index (χ1n) is 7.75. The zero-order valence-electron chi connectivity index (χ0n) is 12.9. The zero-order chi connectivity index (χ0) is 16.5. The molecule has 1 aliphatic heterocycles. The van der Waals surface area contributed by atoms with Gasteiger partial charge in [-0.3, -0.25) is 4.79 Å². The van der Waals surface area contributed by atoms with E-state index >= 15 is 0 Å². The summed E-state index contributed by atoms with van der Waals surface area (Å²) in [5.74, 6) is -0.104. The lowest BCUT2D eigenvalue weighted by atomic mass is 10.0. The lowest BCUT2D eigenvalue weighted by molar-refractivity contribution is -0.123. The van der Waals surface area contributed by atoms with Gasteiger partial charge in [-0.25, -0.2) is 0 Å². The van der Waals surface area contributed by atoms with Gasteiger partial charge in [0, 0.05) is 17.3 Å². The Hall–Kier alpha value is -2.60. The van der Waals surface area contributed by atoms with Crippen molar-refractivity contribution in [3.63, 3.8) is 0 Å². The summed E-state index contributed by atoms with van der Waals surface area (Å²) < 4.78 is 0. The highest BCUT2D eigenvalue weighted by molar-refractivity contribution is 6.31. The summed E-state index contributed by atoms with van der Waals surface area (Å²) in [6.07, 6.45) is 1.94. The number of carbonyl (C=O) groups excluding carboxylic acids is 1. The van der Waals surface area contributed by atoms with Crippen LogP contribution in [0.5, 0.6) is 0 Å². The predicted molar refractivity (Wildman–Crippen MR) is 91.1 cm³/mol. The molecule has 6 nitrogen and oxygen atoms in total. The van der Waals surface area contributed by atoms with Crippen LogP contribution in [0.2, 0.25) is 5.02 Å². The van der Waals surface area contributed by atoms with E-state index in [2.05, 4.69) is 16.4 Å². The molecule has 0 saturated heterocycles. The number of benzene rings is 2. The van der Waals surface area contributed by atoms with Crippen molar-refractivity contribution in [2.45, 2.75) is 12.8 Å². The highest BCUT2D eigenvalue weighted by Gasteiger charge is 2.22. The number of hydrogen-bond acceptors (Lipinski definition) is 4. The summed E-state index contributed by atoms with van der Waals surface area (Å²) in [5, 5.41) is 8.46. The van der Waals surface area contributed by atoms with Gasteiger partial charge in [0.25, 0.3) is 5.91 Å². The lowest BCUT2D eigenvalue weighted by Crippen LogP contribution is -2.40. The van der Waals surface area contributed by atoms with Crippen molar-refractivity contribution in [2.24, 2.45) is 0 Å². The SMILES string of the molecule is O=C(COn1nnc2ccc(Cl)cc21)N1CCCc2ccccc21. The molecular weight excluding hydrogens is 328 g/mol. The summed E-state index contributed by atoms with van der Waals surface area (Å²) in [6, 6.07) is 13.2. The molecule has 1 aliphatic rings. The summed E-state index contributed by atoms with van der Waals surface area (Å²) in [6.45, 7) is 0.586. The van der Waals surface area contributed by atoms with Gasteiger partial charge in [-0.1, -0.05) is 34.6 Å². The fourth-order valence-corrected chi connectivity index (χ4v) is 3.12. The maximum atomic E-state index is 12.6. The van der Waals surface area contributed by atoms with Crippen molar-refractivity contribution in [1.82, 2.24) is 15.2 Å². The van der Waals surface area contributed by atoms with Gasteiger partial charge < -0.3 is 9.74 Å². The van der Waals surface area contributed by atoms with Crippen molar-refractivity contribution < 1.29 is 9.63 Å². The number of rotatable bonds is 3. The quantitative estimate of drug-likeness (QED) is 0.733. The first-order chi connectivity index (χ1) is 11.7. The summed E-state index contributed by atoms with van der Waals surface area (Å²) in [7, 11) is 0. The number of halogens is 1. The Morgan fingerprint density at radius 1 is 1.25 bits per heavy atom. The highest BCUT2D eigenvalue weighted by Crippen LogP contribution is 2.26. The average Bonchev–Trinajstić information content (AvgIpc) is 3.01. The van der Waals surface area contributed by atoms with Crippen LogP contribution in [0, 0.1) is 0 Å². The topological polar surface area (TPSA) is 60.3 Å². The Morgan fingerprint density at radius 2 is 2.12 bits per heavy atom. The number of nitrogens with zero attached hydrogens (tertiary/aromatic N) is 4.